The maximum Gasteiger partial charge on any atom is 0.490 e. The normalized spacial score (nSPS) is 20.1. The van der Waals surface area contributed by atoms with E-state index in [1.807, 2.05) is 24.4 Å². The van der Waals surface area contributed by atoms with Crippen LogP contribution in [0.25, 0.3) is 11.3 Å². The maximum atomic E-state index is 10.6. The second-order valence-electron chi connectivity index (χ2n) is 9.30. The Morgan fingerprint density at radius 3 is 2.58 bits per heavy atom. The number of carbonyl (C=O) groups is 1. The number of halogens is 3. The molecule has 38 heavy (non-hydrogen) atoms. The lowest BCUT2D eigenvalue weighted by atomic mass is 10.0. The van der Waals surface area contributed by atoms with E-state index in [0.717, 1.165) is 66.9 Å². The lowest BCUT2D eigenvalue weighted by molar-refractivity contribution is -0.192. The molecule has 4 heterocycles. The minimum atomic E-state index is -5.08. The number of rotatable bonds is 4. The Morgan fingerprint density at radius 2 is 1.87 bits per heavy atom. The van der Waals surface area contributed by atoms with Crippen molar-refractivity contribution in [2.45, 2.75) is 37.9 Å². The van der Waals surface area contributed by atoms with Crippen LogP contribution in [-0.4, -0.2) is 64.3 Å². The number of nitrogens with zero attached hydrogens (tertiary/aromatic N) is 3. The Balaban J connectivity index is 0.000000374. The van der Waals surface area contributed by atoms with Crippen LogP contribution in [0.4, 0.5) is 13.2 Å². The van der Waals surface area contributed by atoms with Crippen LogP contribution in [-0.2, 0) is 29.2 Å². The van der Waals surface area contributed by atoms with Crippen molar-refractivity contribution in [1.29, 1.82) is 0 Å². The molecule has 2 aromatic carbocycles. The lowest BCUT2D eigenvalue weighted by Crippen LogP contribution is -2.44. The summed E-state index contributed by atoms with van der Waals surface area (Å²) in [5.74, 6) is 0.763. The quantitative estimate of drug-likeness (QED) is 0.536. The Morgan fingerprint density at radius 1 is 1.13 bits per heavy atom. The third-order valence-corrected chi connectivity index (χ3v) is 6.76. The number of benzene rings is 2. The van der Waals surface area contributed by atoms with Crippen LogP contribution >= 0.6 is 0 Å². The van der Waals surface area contributed by atoms with E-state index in [0.29, 0.717) is 13.4 Å². The summed E-state index contributed by atoms with van der Waals surface area (Å²) in [5.41, 5.74) is 3.34. The van der Waals surface area contributed by atoms with E-state index in [1.165, 1.54) is 5.56 Å². The Labute approximate surface area is 216 Å². The first-order valence-corrected chi connectivity index (χ1v) is 11.9. The van der Waals surface area contributed by atoms with Gasteiger partial charge in [0.2, 0.25) is 6.79 Å². The number of alkyl halides is 3. The first kappa shape index (κ1) is 25.9. The summed E-state index contributed by atoms with van der Waals surface area (Å²) in [5, 5.41) is 7.12. The van der Waals surface area contributed by atoms with Crippen molar-refractivity contribution in [2.24, 2.45) is 0 Å². The van der Waals surface area contributed by atoms with Crippen molar-refractivity contribution < 1.29 is 42.0 Å². The Kier molecular flexibility index (Phi) is 6.93. The van der Waals surface area contributed by atoms with Crippen LogP contribution < -0.4 is 14.2 Å². The Bertz CT molecular complexity index is 1310. The summed E-state index contributed by atoms with van der Waals surface area (Å²) in [6.07, 6.45) is -2.11. The molecule has 1 N–H and O–H groups in total. The van der Waals surface area contributed by atoms with Gasteiger partial charge in [-0.25, -0.2) is 9.78 Å². The highest BCUT2D eigenvalue weighted by Crippen LogP contribution is 2.37. The predicted octanol–water partition coefficient (Wildman–Crippen LogP) is 4.10. The largest absolute Gasteiger partial charge is 0.497 e. The molecule has 3 aliphatic rings. The van der Waals surface area contributed by atoms with E-state index >= 15 is 0 Å². The van der Waals surface area contributed by atoms with E-state index in [2.05, 4.69) is 38.7 Å². The SMILES string of the molecule is COc1ccc(-c2cnc3n2CC2(CCN(Cc4ccc5c(c4)OCO5)C2)OC3)cc1.O=C(O)C(F)(F)F. The van der Waals surface area contributed by atoms with Gasteiger partial charge in [-0.15, -0.1) is 0 Å². The molecule has 202 valence electrons. The molecule has 0 aliphatic carbocycles. The van der Waals surface area contributed by atoms with E-state index in [9.17, 15) is 13.2 Å². The monoisotopic (exact) mass is 533 g/mol. The summed E-state index contributed by atoms with van der Waals surface area (Å²) in [4.78, 5) is 16.0. The van der Waals surface area contributed by atoms with Crippen molar-refractivity contribution in [2.75, 3.05) is 27.0 Å². The number of fused-ring (bicyclic) bond motifs is 2. The number of likely N-dealkylation sites (tertiary alicyclic amines) is 1. The second kappa shape index (κ2) is 10.2. The first-order chi connectivity index (χ1) is 18.2. The van der Waals surface area contributed by atoms with Gasteiger partial charge >= 0.3 is 12.1 Å². The zero-order valence-electron chi connectivity index (χ0n) is 20.5. The van der Waals surface area contributed by atoms with Gasteiger partial charge in [-0.05, 0) is 48.4 Å². The second-order valence-corrected chi connectivity index (χ2v) is 9.30. The molecule has 0 radical (unpaired) electrons. The average molecular weight is 534 g/mol. The van der Waals surface area contributed by atoms with Crippen molar-refractivity contribution in [3.63, 3.8) is 0 Å². The number of carboxylic acid groups (broad SMARTS) is 1. The molecular weight excluding hydrogens is 507 g/mol. The average Bonchev–Trinajstić information content (AvgIpc) is 3.63. The highest BCUT2D eigenvalue weighted by atomic mass is 19.4. The van der Waals surface area contributed by atoms with Crippen molar-refractivity contribution in [1.82, 2.24) is 14.5 Å². The van der Waals surface area contributed by atoms with Gasteiger partial charge in [0.05, 0.1) is 25.5 Å². The highest BCUT2D eigenvalue weighted by molar-refractivity contribution is 5.73. The molecule has 6 rings (SSSR count). The summed E-state index contributed by atoms with van der Waals surface area (Å²) < 4.78 is 56.7. The number of aromatic nitrogens is 2. The minimum Gasteiger partial charge on any atom is -0.497 e. The van der Waals surface area contributed by atoms with E-state index in [-0.39, 0.29) is 5.60 Å². The summed E-state index contributed by atoms with van der Waals surface area (Å²) in [6.45, 7) is 4.47. The van der Waals surface area contributed by atoms with Crippen LogP contribution in [0.5, 0.6) is 17.2 Å². The fourth-order valence-electron chi connectivity index (χ4n) is 4.86. The summed E-state index contributed by atoms with van der Waals surface area (Å²) in [6, 6.07) is 14.4. The molecule has 12 heteroatoms. The smallest absolute Gasteiger partial charge is 0.490 e. The summed E-state index contributed by atoms with van der Waals surface area (Å²) >= 11 is 0. The molecule has 1 spiro atoms. The minimum absolute atomic E-state index is 0.175. The third-order valence-electron chi connectivity index (χ3n) is 6.76. The fourth-order valence-corrected chi connectivity index (χ4v) is 4.86. The molecule has 0 bridgehead atoms. The van der Waals surface area contributed by atoms with Crippen LogP contribution in [0.15, 0.2) is 48.7 Å². The molecular formula is C26H26F3N3O6. The van der Waals surface area contributed by atoms with Crippen molar-refractivity contribution in [3.8, 4) is 28.5 Å². The van der Waals surface area contributed by atoms with Crippen LogP contribution in [0.3, 0.4) is 0 Å². The number of ether oxygens (including phenoxy) is 4. The fraction of sp³-hybridized carbons (Fsp3) is 0.385. The number of imidazole rings is 1. The number of carboxylic acids is 1. The number of aliphatic carboxylic acids is 1. The number of hydrogen-bond donors (Lipinski definition) is 1. The van der Waals surface area contributed by atoms with E-state index in [4.69, 9.17) is 28.8 Å². The molecule has 1 fully saturated rings. The van der Waals surface area contributed by atoms with Crippen LogP contribution in [0.1, 0.15) is 17.8 Å². The topological polar surface area (TPSA) is 95.3 Å². The van der Waals surface area contributed by atoms with Gasteiger partial charge in [0.1, 0.15) is 23.8 Å². The van der Waals surface area contributed by atoms with Gasteiger partial charge in [-0.2, -0.15) is 13.2 Å². The van der Waals surface area contributed by atoms with Gasteiger partial charge in [0, 0.05) is 25.2 Å². The lowest BCUT2D eigenvalue weighted by Gasteiger charge is -2.35. The maximum absolute atomic E-state index is 10.6. The van der Waals surface area contributed by atoms with Crippen LogP contribution in [0.2, 0.25) is 0 Å². The molecule has 3 aliphatic heterocycles. The highest BCUT2D eigenvalue weighted by Gasteiger charge is 2.43. The zero-order chi connectivity index (χ0) is 26.9. The molecule has 1 saturated heterocycles. The Hall–Kier alpha value is -3.77. The predicted molar refractivity (Wildman–Crippen MR) is 128 cm³/mol. The van der Waals surface area contributed by atoms with Gasteiger partial charge in [0.15, 0.2) is 11.5 Å². The molecule has 1 atom stereocenters. The third kappa shape index (κ3) is 5.41. The van der Waals surface area contributed by atoms with Gasteiger partial charge in [-0.1, -0.05) is 6.07 Å². The first-order valence-electron chi connectivity index (χ1n) is 11.9. The van der Waals surface area contributed by atoms with Crippen molar-refractivity contribution >= 4 is 5.97 Å². The summed E-state index contributed by atoms with van der Waals surface area (Å²) in [7, 11) is 1.69. The molecule has 0 saturated carbocycles. The number of hydrogen-bond acceptors (Lipinski definition) is 7. The molecule has 1 aromatic heterocycles. The molecule has 1 unspecified atom stereocenters. The van der Waals surface area contributed by atoms with E-state index < -0.39 is 12.1 Å². The van der Waals surface area contributed by atoms with Crippen LogP contribution in [0, 0.1) is 0 Å². The van der Waals surface area contributed by atoms with Crippen molar-refractivity contribution in [3.05, 3.63) is 60.0 Å². The van der Waals surface area contributed by atoms with Gasteiger partial charge < -0.3 is 28.6 Å². The zero-order valence-corrected chi connectivity index (χ0v) is 20.5. The van der Waals surface area contributed by atoms with E-state index in [1.54, 1.807) is 7.11 Å². The standard InChI is InChI=1S/C24H25N3O4.C2HF3O2/c1-28-19-5-3-18(4-6-19)20-11-25-23-13-31-24(15-27(20)23)8-9-26(14-24)12-17-2-7-21-22(10-17)30-16-29-21;3-2(4,5)1(6)7/h2-7,10-11H,8-9,12-16H2,1H3;(H,6,7). The molecule has 3 aromatic rings. The van der Waals surface area contributed by atoms with Gasteiger partial charge in [0.25, 0.3) is 0 Å². The number of methoxy groups -OCH3 is 1. The van der Waals surface area contributed by atoms with Gasteiger partial charge in [-0.3, -0.25) is 4.90 Å². The molecule has 9 nitrogen and oxygen atoms in total. The molecule has 0 amide bonds.